The van der Waals surface area contributed by atoms with E-state index in [1.54, 1.807) is 6.07 Å². The van der Waals surface area contributed by atoms with Crippen LogP contribution in [-0.4, -0.2) is 41.0 Å². The van der Waals surface area contributed by atoms with Gasteiger partial charge in [-0.25, -0.2) is 0 Å². The average molecular weight is 222 g/mol. The van der Waals surface area contributed by atoms with Crippen molar-refractivity contribution in [2.75, 3.05) is 26.2 Å². The minimum Gasteiger partial charge on any atom is -0.358 e. The zero-order valence-electron chi connectivity index (χ0n) is 8.93. The predicted molar refractivity (Wildman–Crippen MR) is 59.0 cm³/mol. The van der Waals surface area contributed by atoms with Crippen molar-refractivity contribution in [3.05, 3.63) is 34.0 Å². The third-order valence-electron chi connectivity index (χ3n) is 2.61. The molecule has 2 heterocycles. The highest BCUT2D eigenvalue weighted by Crippen LogP contribution is 2.11. The fourth-order valence-corrected chi connectivity index (χ4v) is 1.79. The Morgan fingerprint density at radius 1 is 1.50 bits per heavy atom. The number of rotatable bonds is 3. The van der Waals surface area contributed by atoms with Crippen molar-refractivity contribution in [1.82, 2.24) is 15.2 Å². The standard InChI is InChI=1S/C10H14N4O2/c15-14(16)10-7-9(1-2-12-10)8-13-5-3-11-4-6-13/h1-2,7,11H,3-6,8H2. The summed E-state index contributed by atoms with van der Waals surface area (Å²) in [5.41, 5.74) is 0.948. The first-order chi connectivity index (χ1) is 7.75. The summed E-state index contributed by atoms with van der Waals surface area (Å²) in [4.78, 5) is 16.1. The first kappa shape index (κ1) is 11.0. The largest absolute Gasteiger partial charge is 0.363 e. The Morgan fingerprint density at radius 2 is 2.25 bits per heavy atom. The van der Waals surface area contributed by atoms with E-state index in [1.807, 2.05) is 6.07 Å². The molecule has 1 fully saturated rings. The summed E-state index contributed by atoms with van der Waals surface area (Å²) >= 11 is 0. The summed E-state index contributed by atoms with van der Waals surface area (Å²) in [6.45, 7) is 4.68. The summed E-state index contributed by atoms with van der Waals surface area (Å²) in [6, 6.07) is 3.37. The van der Waals surface area contributed by atoms with Crippen LogP contribution in [0.25, 0.3) is 0 Å². The molecule has 1 saturated heterocycles. The number of nitrogens with one attached hydrogen (secondary N) is 1. The lowest BCUT2D eigenvalue weighted by Crippen LogP contribution is -2.42. The third-order valence-corrected chi connectivity index (χ3v) is 2.61. The van der Waals surface area contributed by atoms with Gasteiger partial charge in [-0.2, -0.15) is 0 Å². The van der Waals surface area contributed by atoms with Gasteiger partial charge >= 0.3 is 5.82 Å². The van der Waals surface area contributed by atoms with Crippen LogP contribution in [0.5, 0.6) is 0 Å². The molecular formula is C10H14N4O2. The Kier molecular flexibility index (Phi) is 3.43. The van der Waals surface area contributed by atoms with Gasteiger partial charge in [-0.1, -0.05) is 0 Å². The second-order valence-corrected chi connectivity index (χ2v) is 3.81. The summed E-state index contributed by atoms with van der Waals surface area (Å²) < 4.78 is 0. The maximum Gasteiger partial charge on any atom is 0.363 e. The molecule has 16 heavy (non-hydrogen) atoms. The van der Waals surface area contributed by atoms with Crippen LogP contribution in [0, 0.1) is 10.1 Å². The van der Waals surface area contributed by atoms with Gasteiger partial charge < -0.3 is 15.4 Å². The lowest BCUT2D eigenvalue weighted by atomic mass is 10.2. The number of pyridine rings is 1. The molecule has 0 saturated carbocycles. The van der Waals surface area contributed by atoms with Gasteiger partial charge in [0.2, 0.25) is 0 Å². The number of hydrogen-bond donors (Lipinski definition) is 1. The minimum atomic E-state index is -0.457. The minimum absolute atomic E-state index is 0.0763. The Morgan fingerprint density at radius 3 is 2.94 bits per heavy atom. The van der Waals surface area contributed by atoms with Gasteiger partial charge in [0.15, 0.2) is 0 Å². The highest BCUT2D eigenvalue weighted by Gasteiger charge is 2.12. The highest BCUT2D eigenvalue weighted by molar-refractivity contribution is 5.25. The van der Waals surface area contributed by atoms with Crippen LogP contribution < -0.4 is 5.32 Å². The van der Waals surface area contributed by atoms with Crippen molar-refractivity contribution in [3.8, 4) is 0 Å². The molecule has 0 aliphatic carbocycles. The zero-order chi connectivity index (χ0) is 11.4. The van der Waals surface area contributed by atoms with Gasteiger partial charge in [0.25, 0.3) is 0 Å². The van der Waals surface area contributed by atoms with Crippen LogP contribution in [0.3, 0.4) is 0 Å². The van der Waals surface area contributed by atoms with E-state index in [9.17, 15) is 10.1 Å². The molecule has 0 radical (unpaired) electrons. The molecule has 0 aromatic carbocycles. The monoisotopic (exact) mass is 222 g/mol. The molecule has 1 aliphatic heterocycles. The maximum atomic E-state index is 10.6. The van der Waals surface area contributed by atoms with Gasteiger partial charge in [-0.15, -0.1) is 0 Å². The third kappa shape index (κ3) is 2.74. The van der Waals surface area contributed by atoms with E-state index in [4.69, 9.17) is 0 Å². The van der Waals surface area contributed by atoms with E-state index < -0.39 is 4.92 Å². The first-order valence-corrected chi connectivity index (χ1v) is 5.28. The summed E-state index contributed by atoms with van der Waals surface area (Å²) in [6.07, 6.45) is 1.50. The number of hydrogen-bond acceptors (Lipinski definition) is 5. The van der Waals surface area contributed by atoms with E-state index in [-0.39, 0.29) is 5.82 Å². The van der Waals surface area contributed by atoms with Gasteiger partial charge in [-0.3, -0.25) is 4.90 Å². The fourth-order valence-electron chi connectivity index (χ4n) is 1.79. The molecule has 6 nitrogen and oxygen atoms in total. The lowest BCUT2D eigenvalue weighted by molar-refractivity contribution is -0.389. The molecule has 1 N–H and O–H groups in total. The zero-order valence-corrected chi connectivity index (χ0v) is 8.93. The van der Waals surface area contributed by atoms with Crippen LogP contribution >= 0.6 is 0 Å². The molecule has 0 amide bonds. The lowest BCUT2D eigenvalue weighted by Gasteiger charge is -2.26. The van der Waals surface area contributed by atoms with E-state index in [0.717, 1.165) is 38.3 Å². The van der Waals surface area contributed by atoms with Crippen molar-refractivity contribution < 1.29 is 4.92 Å². The number of nitro groups is 1. The molecule has 1 aromatic heterocycles. The summed E-state index contributed by atoms with van der Waals surface area (Å²) in [5.74, 6) is -0.0763. The Bertz CT molecular complexity index is 377. The summed E-state index contributed by atoms with van der Waals surface area (Å²) in [7, 11) is 0. The second-order valence-electron chi connectivity index (χ2n) is 3.81. The second kappa shape index (κ2) is 5.00. The first-order valence-electron chi connectivity index (χ1n) is 5.28. The van der Waals surface area contributed by atoms with Crippen LogP contribution in [-0.2, 0) is 6.54 Å². The maximum absolute atomic E-state index is 10.6. The van der Waals surface area contributed by atoms with Crippen molar-refractivity contribution in [2.45, 2.75) is 6.54 Å². The van der Waals surface area contributed by atoms with E-state index in [1.165, 1.54) is 6.20 Å². The van der Waals surface area contributed by atoms with Crippen LogP contribution in [0.15, 0.2) is 18.3 Å². The Balaban J connectivity index is 2.02. The van der Waals surface area contributed by atoms with Crippen LogP contribution in [0.2, 0.25) is 0 Å². The van der Waals surface area contributed by atoms with Gasteiger partial charge in [-0.05, 0) is 21.5 Å². The van der Waals surface area contributed by atoms with Gasteiger partial charge in [0.1, 0.15) is 6.20 Å². The van der Waals surface area contributed by atoms with E-state index in [2.05, 4.69) is 15.2 Å². The molecule has 1 aliphatic rings. The number of piperazine rings is 1. The van der Waals surface area contributed by atoms with Crippen molar-refractivity contribution in [3.63, 3.8) is 0 Å². The predicted octanol–water partition coefficient (Wildman–Crippen LogP) is 0.395. The van der Waals surface area contributed by atoms with Crippen LogP contribution in [0.1, 0.15) is 5.56 Å². The molecule has 0 atom stereocenters. The van der Waals surface area contributed by atoms with Crippen molar-refractivity contribution in [2.24, 2.45) is 0 Å². The van der Waals surface area contributed by atoms with Crippen molar-refractivity contribution in [1.29, 1.82) is 0 Å². The van der Waals surface area contributed by atoms with Gasteiger partial charge in [0, 0.05) is 38.8 Å². The van der Waals surface area contributed by atoms with Crippen molar-refractivity contribution >= 4 is 5.82 Å². The SMILES string of the molecule is O=[N+]([O-])c1cc(CN2CCNCC2)ccn1. The van der Waals surface area contributed by atoms with E-state index in [0.29, 0.717) is 0 Å². The normalized spacial score (nSPS) is 17.2. The Labute approximate surface area is 93.4 Å². The quantitative estimate of drug-likeness (QED) is 0.592. The Hall–Kier alpha value is -1.53. The topological polar surface area (TPSA) is 71.3 Å². The van der Waals surface area contributed by atoms with E-state index >= 15 is 0 Å². The molecule has 86 valence electrons. The summed E-state index contributed by atoms with van der Waals surface area (Å²) in [5, 5.41) is 13.8. The molecule has 0 bridgehead atoms. The molecule has 2 rings (SSSR count). The van der Waals surface area contributed by atoms with Crippen LogP contribution in [0.4, 0.5) is 5.82 Å². The molecule has 6 heteroatoms. The number of nitrogens with zero attached hydrogens (tertiary/aromatic N) is 3. The molecule has 1 aromatic rings. The molecule has 0 spiro atoms. The average Bonchev–Trinajstić information content (AvgIpc) is 2.30. The molecular weight excluding hydrogens is 208 g/mol. The molecule has 0 unspecified atom stereocenters. The fraction of sp³-hybridized carbons (Fsp3) is 0.500. The smallest absolute Gasteiger partial charge is 0.358 e. The van der Waals surface area contributed by atoms with Gasteiger partial charge in [0.05, 0.1) is 0 Å². The highest BCUT2D eigenvalue weighted by atomic mass is 16.6. The number of aromatic nitrogens is 1.